The molecular weight excluding hydrogens is 785 g/mol. The van der Waals surface area contributed by atoms with Crippen LogP contribution in [0.4, 0.5) is 0 Å². The fraction of sp³-hybridized carbons (Fsp3) is 0.543. The average Bonchev–Trinajstić information content (AvgIpc) is 3.28. The number of unbranched alkanes of at least 4 members (excludes halogenated alkanes) is 7. The van der Waals surface area contributed by atoms with Gasteiger partial charge in [0.05, 0.1) is 71.4 Å². The summed E-state index contributed by atoms with van der Waals surface area (Å²) in [5.41, 5.74) is 9.12. The van der Waals surface area contributed by atoms with Crippen molar-refractivity contribution in [1.29, 1.82) is 0 Å². The van der Waals surface area contributed by atoms with Crippen LogP contribution in [0.5, 0.6) is 5.75 Å². The molecule has 0 saturated heterocycles. The third-order valence-electron chi connectivity index (χ3n) is 9.46. The van der Waals surface area contributed by atoms with E-state index >= 15 is 0 Å². The normalized spacial score (nSPS) is 11.3. The van der Waals surface area contributed by atoms with E-state index in [2.05, 4.69) is 101 Å². The molecule has 60 heavy (non-hydrogen) atoms. The molecule has 3 aromatic carbocycles. The van der Waals surface area contributed by atoms with Crippen molar-refractivity contribution in [3.63, 3.8) is 0 Å². The van der Waals surface area contributed by atoms with E-state index in [0.717, 1.165) is 43.6 Å². The van der Waals surface area contributed by atoms with Crippen LogP contribution >= 0.6 is 11.8 Å². The number of carbonyl (C=O) groups is 3. The van der Waals surface area contributed by atoms with Gasteiger partial charge >= 0.3 is 0 Å². The van der Waals surface area contributed by atoms with Gasteiger partial charge in [-0.2, -0.15) is 0 Å². The SMILES string of the molecule is COc1ccc(C(SCCCCCCCCCCC(=O)NCNC(=O)COCCOCCOCC(=O)NCCOCCOCCN)(c2ccccc2)c2ccccc2)cc1. The molecule has 13 nitrogen and oxygen atoms in total. The highest BCUT2D eigenvalue weighted by molar-refractivity contribution is 8.00. The van der Waals surface area contributed by atoms with Crippen molar-refractivity contribution in [2.45, 2.75) is 62.5 Å². The van der Waals surface area contributed by atoms with Gasteiger partial charge in [-0.15, -0.1) is 11.8 Å². The van der Waals surface area contributed by atoms with Crippen LogP contribution in [0, 0.1) is 0 Å². The molecular formula is C46H68N4O9S. The lowest BCUT2D eigenvalue weighted by Gasteiger charge is -2.35. The number of hydrogen-bond donors (Lipinski definition) is 4. The number of nitrogens with two attached hydrogens (primary N) is 1. The Bertz CT molecular complexity index is 1510. The number of methoxy groups -OCH3 is 1. The monoisotopic (exact) mass is 852 g/mol. The Balaban J connectivity index is 1.14. The second-order valence-electron chi connectivity index (χ2n) is 14.0. The summed E-state index contributed by atoms with van der Waals surface area (Å²) in [6, 6.07) is 30.1. The lowest BCUT2D eigenvalue weighted by molar-refractivity contribution is -0.126. The van der Waals surface area contributed by atoms with Crippen molar-refractivity contribution in [3.05, 3.63) is 102 Å². The largest absolute Gasteiger partial charge is 0.497 e. The second-order valence-corrected chi connectivity index (χ2v) is 15.3. The van der Waals surface area contributed by atoms with Crippen LogP contribution in [-0.4, -0.2) is 116 Å². The summed E-state index contributed by atoms with van der Waals surface area (Å²) in [4.78, 5) is 36.0. The van der Waals surface area contributed by atoms with Crippen LogP contribution in [-0.2, 0) is 42.8 Å². The number of benzene rings is 3. The lowest BCUT2D eigenvalue weighted by Crippen LogP contribution is -2.38. The molecule has 3 aromatic rings. The number of thioether (sulfide) groups is 1. The van der Waals surface area contributed by atoms with Crippen LogP contribution in [0.15, 0.2) is 84.9 Å². The fourth-order valence-corrected chi connectivity index (χ4v) is 7.93. The van der Waals surface area contributed by atoms with Gasteiger partial charge < -0.3 is 50.1 Å². The number of rotatable bonds is 36. The Morgan fingerprint density at radius 2 is 1.00 bits per heavy atom. The van der Waals surface area contributed by atoms with E-state index in [0.29, 0.717) is 52.5 Å². The van der Waals surface area contributed by atoms with Gasteiger partial charge in [0.15, 0.2) is 0 Å². The van der Waals surface area contributed by atoms with Crippen molar-refractivity contribution in [1.82, 2.24) is 16.0 Å². The van der Waals surface area contributed by atoms with E-state index in [4.69, 9.17) is 34.2 Å². The highest BCUT2D eigenvalue weighted by Crippen LogP contribution is 2.49. The smallest absolute Gasteiger partial charge is 0.247 e. The van der Waals surface area contributed by atoms with E-state index < -0.39 is 0 Å². The first-order valence-electron chi connectivity index (χ1n) is 21.3. The van der Waals surface area contributed by atoms with Gasteiger partial charge in [0, 0.05) is 19.5 Å². The summed E-state index contributed by atoms with van der Waals surface area (Å²) in [5, 5.41) is 8.07. The minimum absolute atomic E-state index is 0.0653. The van der Waals surface area contributed by atoms with Gasteiger partial charge in [0.25, 0.3) is 0 Å². The van der Waals surface area contributed by atoms with Gasteiger partial charge in [-0.3, -0.25) is 14.4 Å². The molecule has 332 valence electrons. The Labute approximate surface area is 361 Å². The molecule has 3 rings (SSSR count). The van der Waals surface area contributed by atoms with E-state index in [9.17, 15) is 14.4 Å². The molecule has 0 spiro atoms. The molecule has 0 saturated carbocycles. The van der Waals surface area contributed by atoms with Gasteiger partial charge in [0.1, 0.15) is 19.0 Å². The summed E-state index contributed by atoms with van der Waals surface area (Å²) in [6.45, 7) is 3.58. The standard InChI is InChI=1S/C46H68N4O9S/c1-54-42-23-21-41(22-24-42)46(39-16-10-8-11-17-39,40-18-12-9-13-19-40)60-35-15-7-5-3-2-4-6-14-20-43(51)49-38-50-45(53)37-59-34-32-57-31-33-58-36-44(52)48-26-28-56-30-29-55-27-25-47/h8-13,16-19,21-24H,2-7,14-15,20,25-38,47H2,1H3,(H,48,52)(H,49,51)(H,50,53). The zero-order valence-electron chi connectivity index (χ0n) is 35.5. The molecule has 0 unspecified atom stereocenters. The van der Waals surface area contributed by atoms with Crippen molar-refractivity contribution < 1.29 is 42.8 Å². The Kier molecular flexibility index (Phi) is 27.4. The maximum atomic E-state index is 12.2. The highest BCUT2D eigenvalue weighted by Gasteiger charge is 2.36. The number of hydrogen-bond acceptors (Lipinski definition) is 11. The Morgan fingerprint density at radius 3 is 1.57 bits per heavy atom. The summed E-state index contributed by atoms with van der Waals surface area (Å²) in [5.74, 6) is 1.26. The maximum absolute atomic E-state index is 12.2. The summed E-state index contributed by atoms with van der Waals surface area (Å²) < 4.78 is 31.7. The number of ether oxygens (including phenoxy) is 6. The highest BCUT2D eigenvalue weighted by atomic mass is 32.2. The number of nitrogens with one attached hydrogen (secondary N) is 3. The van der Waals surface area contributed by atoms with Crippen LogP contribution in [0.25, 0.3) is 0 Å². The van der Waals surface area contributed by atoms with Crippen LogP contribution in [0.3, 0.4) is 0 Å². The summed E-state index contributed by atoms with van der Waals surface area (Å²) >= 11 is 2.01. The third-order valence-corrected chi connectivity index (χ3v) is 11.1. The van der Waals surface area contributed by atoms with Crippen LogP contribution in [0.2, 0.25) is 0 Å². The first-order chi connectivity index (χ1) is 29.5. The Hall–Kier alpha value is -4.02. The molecule has 0 aliphatic rings. The van der Waals surface area contributed by atoms with Gasteiger partial charge in [-0.25, -0.2) is 0 Å². The molecule has 0 heterocycles. The fourth-order valence-electron chi connectivity index (χ4n) is 6.36. The average molecular weight is 853 g/mol. The molecule has 0 aliphatic heterocycles. The maximum Gasteiger partial charge on any atom is 0.247 e. The van der Waals surface area contributed by atoms with Crippen molar-refractivity contribution in [2.24, 2.45) is 5.73 Å². The van der Waals surface area contributed by atoms with E-state index in [1.54, 1.807) is 7.11 Å². The minimum Gasteiger partial charge on any atom is -0.497 e. The second kappa shape index (κ2) is 32.7. The Morgan fingerprint density at radius 1 is 0.533 bits per heavy atom. The first kappa shape index (κ1) is 50.3. The quantitative estimate of drug-likeness (QED) is 0.0328. The summed E-state index contributed by atoms with van der Waals surface area (Å²) in [7, 11) is 1.70. The lowest BCUT2D eigenvalue weighted by atomic mass is 9.84. The van der Waals surface area contributed by atoms with E-state index in [1.807, 2.05) is 11.8 Å². The zero-order chi connectivity index (χ0) is 42.8. The van der Waals surface area contributed by atoms with Crippen molar-refractivity contribution in [2.75, 3.05) is 98.7 Å². The molecule has 0 aliphatic carbocycles. The molecule has 0 atom stereocenters. The third kappa shape index (κ3) is 21.0. The van der Waals surface area contributed by atoms with E-state index in [-0.39, 0.29) is 62.2 Å². The zero-order valence-corrected chi connectivity index (χ0v) is 36.3. The van der Waals surface area contributed by atoms with Gasteiger partial charge in [0.2, 0.25) is 17.7 Å². The predicted octanol–water partition coefficient (Wildman–Crippen LogP) is 5.58. The van der Waals surface area contributed by atoms with E-state index in [1.165, 1.54) is 36.0 Å². The summed E-state index contributed by atoms with van der Waals surface area (Å²) in [6.07, 6.45) is 9.27. The van der Waals surface area contributed by atoms with Crippen molar-refractivity contribution in [3.8, 4) is 5.75 Å². The van der Waals surface area contributed by atoms with Crippen molar-refractivity contribution >= 4 is 29.5 Å². The first-order valence-corrected chi connectivity index (χ1v) is 22.3. The number of amides is 3. The van der Waals surface area contributed by atoms with Gasteiger partial charge in [-0.1, -0.05) is 111 Å². The van der Waals surface area contributed by atoms with Crippen LogP contribution in [0.1, 0.15) is 74.5 Å². The predicted molar refractivity (Wildman–Crippen MR) is 237 cm³/mol. The topological polar surface area (TPSA) is 169 Å². The molecule has 0 radical (unpaired) electrons. The molecule has 0 fully saturated rings. The van der Waals surface area contributed by atoms with Gasteiger partial charge in [-0.05, 0) is 47.4 Å². The molecule has 0 bridgehead atoms. The minimum atomic E-state index is -0.322. The molecule has 0 aromatic heterocycles. The number of carbonyl (C=O) groups excluding carboxylic acids is 3. The molecule has 3 amide bonds. The molecule has 14 heteroatoms. The van der Waals surface area contributed by atoms with Crippen LogP contribution < -0.4 is 26.4 Å². The molecule has 5 N–H and O–H groups in total.